The fourth-order valence-electron chi connectivity index (χ4n) is 1.90. The summed E-state index contributed by atoms with van der Waals surface area (Å²) in [7, 11) is -1.54. The van der Waals surface area contributed by atoms with Crippen LogP contribution in [0.2, 0.25) is 18.1 Å². The molecule has 0 heterocycles. The van der Waals surface area contributed by atoms with Crippen LogP contribution in [0.25, 0.3) is 0 Å². The molecule has 0 radical (unpaired) electrons. The minimum absolute atomic E-state index is 0.324. The van der Waals surface area contributed by atoms with Gasteiger partial charge in [-0.25, -0.2) is 0 Å². The molecule has 0 aliphatic rings. The lowest BCUT2D eigenvalue weighted by Gasteiger charge is -2.36. The number of nitrogens with one attached hydrogen (secondary N) is 1. The monoisotopic (exact) mass is 307 g/mol. The van der Waals surface area contributed by atoms with E-state index in [1.165, 1.54) is 24.8 Å². The third-order valence-electron chi connectivity index (χ3n) is 4.44. The van der Waals surface area contributed by atoms with Crippen LogP contribution < -0.4 is 5.32 Å². The number of hydrogen-bond acceptors (Lipinski definition) is 2. The van der Waals surface area contributed by atoms with Crippen LogP contribution in [0, 0.1) is 0 Å². The van der Waals surface area contributed by atoms with E-state index in [2.05, 4.69) is 69.5 Å². The van der Waals surface area contributed by atoms with Crippen LogP contribution >= 0.6 is 0 Å². The van der Waals surface area contributed by atoms with E-state index in [1.807, 2.05) is 0 Å². The molecule has 0 atom stereocenters. The van der Waals surface area contributed by atoms with E-state index in [-0.39, 0.29) is 0 Å². The van der Waals surface area contributed by atoms with E-state index < -0.39 is 8.32 Å². The zero-order valence-electron chi connectivity index (χ0n) is 14.5. The zero-order valence-corrected chi connectivity index (χ0v) is 15.5. The Kier molecular flexibility index (Phi) is 7.64. The van der Waals surface area contributed by atoms with Gasteiger partial charge in [-0.1, -0.05) is 51.1 Å². The Morgan fingerprint density at radius 1 is 1.00 bits per heavy atom. The van der Waals surface area contributed by atoms with E-state index in [1.54, 1.807) is 0 Å². The first kappa shape index (κ1) is 18.4. The van der Waals surface area contributed by atoms with Gasteiger partial charge in [-0.2, -0.15) is 0 Å². The Morgan fingerprint density at radius 3 is 2.29 bits per heavy atom. The van der Waals surface area contributed by atoms with E-state index in [0.717, 1.165) is 19.7 Å². The molecule has 0 fully saturated rings. The molecule has 21 heavy (non-hydrogen) atoms. The summed E-state index contributed by atoms with van der Waals surface area (Å²) in [5.41, 5.74) is 1.36. The number of benzene rings is 1. The minimum atomic E-state index is -1.54. The Hall–Kier alpha value is -0.643. The van der Waals surface area contributed by atoms with Gasteiger partial charge in [-0.15, -0.1) is 0 Å². The second-order valence-electron chi connectivity index (χ2n) is 7.33. The molecule has 0 spiro atoms. The van der Waals surface area contributed by atoms with Gasteiger partial charge in [-0.05, 0) is 49.5 Å². The van der Waals surface area contributed by atoms with E-state index >= 15 is 0 Å². The maximum atomic E-state index is 6.19. The summed E-state index contributed by atoms with van der Waals surface area (Å²) in [5, 5.41) is 3.82. The highest BCUT2D eigenvalue weighted by atomic mass is 28.4. The van der Waals surface area contributed by atoms with Crippen LogP contribution in [0.15, 0.2) is 30.3 Å². The van der Waals surface area contributed by atoms with Crippen molar-refractivity contribution in [2.24, 2.45) is 0 Å². The summed E-state index contributed by atoms with van der Waals surface area (Å²) in [5.74, 6) is 0. The van der Waals surface area contributed by atoms with Crippen LogP contribution in [0.3, 0.4) is 0 Å². The molecule has 0 saturated heterocycles. The van der Waals surface area contributed by atoms with Gasteiger partial charge >= 0.3 is 0 Å². The normalized spacial score (nSPS) is 12.6. The molecule has 1 aromatic carbocycles. The second kappa shape index (κ2) is 8.72. The third kappa shape index (κ3) is 7.25. The van der Waals surface area contributed by atoms with Crippen molar-refractivity contribution in [1.29, 1.82) is 0 Å². The van der Waals surface area contributed by atoms with Crippen molar-refractivity contribution in [3.63, 3.8) is 0 Å². The van der Waals surface area contributed by atoms with Gasteiger partial charge < -0.3 is 9.74 Å². The van der Waals surface area contributed by atoms with Crippen molar-refractivity contribution in [1.82, 2.24) is 5.32 Å². The van der Waals surface area contributed by atoms with Gasteiger partial charge in [0.25, 0.3) is 0 Å². The number of rotatable bonds is 9. The number of hydrogen-bond donors (Lipinski definition) is 1. The Labute approximate surface area is 132 Å². The fraction of sp³-hybridized carbons (Fsp3) is 0.667. The molecule has 1 aromatic rings. The molecule has 120 valence electrons. The summed E-state index contributed by atoms with van der Waals surface area (Å²) in [6.07, 6.45) is 3.66. The Balaban J connectivity index is 2.00. The summed E-state index contributed by atoms with van der Waals surface area (Å²) >= 11 is 0. The van der Waals surface area contributed by atoms with E-state index in [4.69, 9.17) is 4.43 Å². The maximum Gasteiger partial charge on any atom is 0.191 e. The summed E-state index contributed by atoms with van der Waals surface area (Å²) in [4.78, 5) is 0. The molecule has 0 aliphatic carbocycles. The van der Waals surface area contributed by atoms with Crippen LogP contribution in [0.1, 0.15) is 45.6 Å². The van der Waals surface area contributed by atoms with Crippen LogP contribution in [-0.4, -0.2) is 21.5 Å². The first-order valence-corrected chi connectivity index (χ1v) is 11.1. The van der Waals surface area contributed by atoms with Gasteiger partial charge in [-0.3, -0.25) is 0 Å². The van der Waals surface area contributed by atoms with E-state index in [9.17, 15) is 0 Å². The third-order valence-corrected chi connectivity index (χ3v) is 8.98. The largest absolute Gasteiger partial charge is 0.417 e. The van der Waals surface area contributed by atoms with Crippen molar-refractivity contribution in [2.75, 3.05) is 13.2 Å². The molecular formula is C18H33NOSi. The lowest BCUT2D eigenvalue weighted by atomic mass is 10.2. The molecular weight excluding hydrogens is 274 g/mol. The fourth-order valence-corrected chi connectivity index (χ4v) is 2.99. The molecule has 0 amide bonds. The lowest BCUT2D eigenvalue weighted by molar-refractivity contribution is 0.277. The average molecular weight is 308 g/mol. The maximum absolute atomic E-state index is 6.19. The van der Waals surface area contributed by atoms with Gasteiger partial charge in [0.1, 0.15) is 0 Å². The SMILES string of the molecule is CC(C)(C)[Si](C)(C)OCCCCCNCc1ccccc1. The molecule has 0 aliphatic heterocycles. The highest BCUT2D eigenvalue weighted by Crippen LogP contribution is 2.36. The molecule has 1 N–H and O–H groups in total. The topological polar surface area (TPSA) is 21.3 Å². The predicted octanol–water partition coefficient (Wildman–Crippen LogP) is 4.97. The summed E-state index contributed by atoms with van der Waals surface area (Å²) in [6.45, 7) is 14.5. The summed E-state index contributed by atoms with van der Waals surface area (Å²) < 4.78 is 6.19. The highest BCUT2D eigenvalue weighted by molar-refractivity contribution is 6.74. The van der Waals surface area contributed by atoms with Crippen molar-refractivity contribution in [2.45, 2.75) is 64.7 Å². The van der Waals surface area contributed by atoms with Crippen molar-refractivity contribution < 1.29 is 4.43 Å². The molecule has 0 aromatic heterocycles. The molecule has 2 nitrogen and oxygen atoms in total. The smallest absolute Gasteiger partial charge is 0.191 e. The van der Waals surface area contributed by atoms with Gasteiger partial charge in [0.05, 0.1) is 0 Å². The predicted molar refractivity (Wildman–Crippen MR) is 95.1 cm³/mol. The molecule has 3 heteroatoms. The minimum Gasteiger partial charge on any atom is -0.417 e. The number of unbranched alkanes of at least 4 members (excludes halogenated alkanes) is 2. The van der Waals surface area contributed by atoms with Crippen LogP contribution in [0.4, 0.5) is 0 Å². The zero-order chi connectivity index (χ0) is 15.8. The van der Waals surface area contributed by atoms with Gasteiger partial charge in [0.15, 0.2) is 8.32 Å². The Bertz CT molecular complexity index is 384. The molecule has 0 unspecified atom stereocenters. The molecule has 1 rings (SSSR count). The lowest BCUT2D eigenvalue weighted by Crippen LogP contribution is -2.40. The van der Waals surface area contributed by atoms with Gasteiger partial charge in [0, 0.05) is 13.2 Å². The highest BCUT2D eigenvalue weighted by Gasteiger charge is 2.36. The van der Waals surface area contributed by atoms with Crippen molar-refractivity contribution in [3.05, 3.63) is 35.9 Å². The van der Waals surface area contributed by atoms with Gasteiger partial charge in [0.2, 0.25) is 0 Å². The van der Waals surface area contributed by atoms with Crippen molar-refractivity contribution in [3.8, 4) is 0 Å². The standard InChI is InChI=1S/C18H33NOSi/c1-18(2,3)21(4,5)20-15-11-7-10-14-19-16-17-12-8-6-9-13-17/h6,8-9,12-13,19H,7,10-11,14-16H2,1-5H3. The second-order valence-corrected chi connectivity index (χ2v) is 12.1. The molecule has 0 bridgehead atoms. The van der Waals surface area contributed by atoms with Crippen LogP contribution in [0.5, 0.6) is 0 Å². The molecule has 0 saturated carbocycles. The first-order chi connectivity index (χ1) is 9.83. The Morgan fingerprint density at radius 2 is 1.67 bits per heavy atom. The quantitative estimate of drug-likeness (QED) is 0.514. The van der Waals surface area contributed by atoms with Crippen molar-refractivity contribution >= 4 is 8.32 Å². The van der Waals surface area contributed by atoms with E-state index in [0.29, 0.717) is 5.04 Å². The van der Waals surface area contributed by atoms with Crippen LogP contribution in [-0.2, 0) is 11.0 Å². The summed E-state index contributed by atoms with van der Waals surface area (Å²) in [6, 6.07) is 10.6. The first-order valence-electron chi connectivity index (χ1n) is 8.21. The average Bonchev–Trinajstić information content (AvgIpc) is 2.41.